The van der Waals surface area contributed by atoms with E-state index in [2.05, 4.69) is 11.8 Å². The third kappa shape index (κ3) is 2.96. The highest BCUT2D eigenvalue weighted by Crippen LogP contribution is 2.25. The van der Waals surface area contributed by atoms with Crippen molar-refractivity contribution in [3.8, 4) is 17.6 Å². The minimum atomic E-state index is -3.46. The molecule has 0 unspecified atom stereocenters. The largest absolute Gasteiger partial charge is 0.495 e. The average Bonchev–Trinajstić information content (AvgIpc) is 2.99. The van der Waals surface area contributed by atoms with Gasteiger partial charge in [-0.05, 0) is 31.0 Å². The van der Waals surface area contributed by atoms with Crippen molar-refractivity contribution in [1.82, 2.24) is 4.31 Å². The van der Waals surface area contributed by atoms with Gasteiger partial charge in [-0.15, -0.1) is 0 Å². The van der Waals surface area contributed by atoms with Crippen LogP contribution in [0.3, 0.4) is 0 Å². The standard InChI is InChI=1S/C14H17NO4S/c1-19-14-7-6-13(11-12(14)5-4-10-16)20(17,18)15-8-2-3-9-15/h6-7,11,16H,2-3,8-10H2,1H3. The maximum Gasteiger partial charge on any atom is 0.243 e. The van der Waals surface area contributed by atoms with Gasteiger partial charge in [-0.3, -0.25) is 0 Å². The van der Waals surface area contributed by atoms with E-state index in [0.29, 0.717) is 24.4 Å². The van der Waals surface area contributed by atoms with Gasteiger partial charge < -0.3 is 9.84 Å². The van der Waals surface area contributed by atoms with E-state index in [-0.39, 0.29) is 11.5 Å². The topological polar surface area (TPSA) is 66.8 Å². The molecule has 1 heterocycles. The van der Waals surface area contributed by atoms with E-state index >= 15 is 0 Å². The fourth-order valence-corrected chi connectivity index (χ4v) is 3.70. The van der Waals surface area contributed by atoms with Crippen LogP contribution in [0.15, 0.2) is 23.1 Å². The van der Waals surface area contributed by atoms with Crippen LogP contribution in [0.2, 0.25) is 0 Å². The minimum Gasteiger partial charge on any atom is -0.495 e. The summed E-state index contributed by atoms with van der Waals surface area (Å²) in [6, 6.07) is 4.61. The van der Waals surface area contributed by atoms with Gasteiger partial charge in [0, 0.05) is 13.1 Å². The van der Waals surface area contributed by atoms with Gasteiger partial charge in [0.1, 0.15) is 12.4 Å². The third-order valence-corrected chi connectivity index (χ3v) is 5.07. The molecule has 0 aromatic heterocycles. The molecular weight excluding hydrogens is 278 g/mol. The van der Waals surface area contributed by atoms with Crippen LogP contribution in [0, 0.1) is 11.8 Å². The predicted octanol–water partition coefficient (Wildman–Crippen LogP) is 0.823. The van der Waals surface area contributed by atoms with E-state index in [9.17, 15) is 8.42 Å². The maximum absolute atomic E-state index is 12.4. The van der Waals surface area contributed by atoms with Crippen LogP contribution in [-0.2, 0) is 10.0 Å². The zero-order chi connectivity index (χ0) is 14.6. The molecule has 0 spiro atoms. The van der Waals surface area contributed by atoms with Crippen LogP contribution >= 0.6 is 0 Å². The molecule has 0 bridgehead atoms. The molecule has 1 aromatic rings. The zero-order valence-corrected chi connectivity index (χ0v) is 12.1. The summed E-state index contributed by atoms with van der Waals surface area (Å²) in [6.07, 6.45) is 1.79. The Morgan fingerprint density at radius 1 is 1.35 bits per heavy atom. The van der Waals surface area contributed by atoms with Gasteiger partial charge >= 0.3 is 0 Å². The summed E-state index contributed by atoms with van der Waals surface area (Å²) in [5.74, 6) is 5.71. The quantitative estimate of drug-likeness (QED) is 0.839. The number of rotatable bonds is 3. The average molecular weight is 295 g/mol. The molecule has 2 rings (SSSR count). The SMILES string of the molecule is COc1ccc(S(=O)(=O)N2CCCC2)cc1C#CCO. The summed E-state index contributed by atoms with van der Waals surface area (Å²) in [5.41, 5.74) is 0.460. The lowest BCUT2D eigenvalue weighted by atomic mass is 10.2. The van der Waals surface area contributed by atoms with Gasteiger partial charge in [0.15, 0.2) is 0 Å². The van der Waals surface area contributed by atoms with Crippen LogP contribution < -0.4 is 4.74 Å². The number of methoxy groups -OCH3 is 1. The maximum atomic E-state index is 12.4. The number of hydrogen-bond acceptors (Lipinski definition) is 4. The second-order valence-electron chi connectivity index (χ2n) is 4.43. The Hall–Kier alpha value is -1.55. The van der Waals surface area contributed by atoms with Crippen LogP contribution in [0.5, 0.6) is 5.75 Å². The number of hydrogen-bond donors (Lipinski definition) is 1. The fourth-order valence-electron chi connectivity index (χ4n) is 2.16. The molecule has 0 amide bonds. The summed E-state index contributed by atoms with van der Waals surface area (Å²) >= 11 is 0. The molecule has 20 heavy (non-hydrogen) atoms. The van der Waals surface area contributed by atoms with Crippen LogP contribution in [0.25, 0.3) is 0 Å². The van der Waals surface area contributed by atoms with E-state index < -0.39 is 10.0 Å². The van der Waals surface area contributed by atoms with Gasteiger partial charge in [-0.2, -0.15) is 4.31 Å². The number of ether oxygens (including phenoxy) is 1. The molecule has 5 nitrogen and oxygen atoms in total. The second kappa shape index (κ2) is 6.27. The summed E-state index contributed by atoms with van der Waals surface area (Å²) in [4.78, 5) is 0.211. The molecule has 1 aromatic carbocycles. The first-order valence-electron chi connectivity index (χ1n) is 6.37. The molecule has 1 saturated heterocycles. The van der Waals surface area contributed by atoms with Crippen LogP contribution in [-0.4, -0.2) is 44.6 Å². The number of sulfonamides is 1. The van der Waals surface area contributed by atoms with Gasteiger partial charge in [0.2, 0.25) is 10.0 Å². The van der Waals surface area contributed by atoms with E-state index in [0.717, 1.165) is 12.8 Å². The van der Waals surface area contributed by atoms with Crippen molar-refractivity contribution in [3.63, 3.8) is 0 Å². The lowest BCUT2D eigenvalue weighted by Crippen LogP contribution is -2.27. The molecule has 0 radical (unpaired) electrons. The van der Waals surface area contributed by atoms with Crippen molar-refractivity contribution in [1.29, 1.82) is 0 Å². The Morgan fingerprint density at radius 2 is 2.05 bits per heavy atom. The summed E-state index contributed by atoms with van der Waals surface area (Å²) in [5, 5.41) is 8.75. The van der Waals surface area contributed by atoms with Gasteiger partial charge in [-0.25, -0.2) is 8.42 Å². The molecular formula is C14H17NO4S. The number of aliphatic hydroxyl groups excluding tert-OH is 1. The number of aliphatic hydroxyl groups is 1. The van der Waals surface area contributed by atoms with Crippen molar-refractivity contribution in [2.75, 3.05) is 26.8 Å². The first-order valence-corrected chi connectivity index (χ1v) is 7.81. The van der Waals surface area contributed by atoms with Crippen molar-refractivity contribution in [2.24, 2.45) is 0 Å². The third-order valence-electron chi connectivity index (χ3n) is 3.18. The van der Waals surface area contributed by atoms with Crippen LogP contribution in [0.1, 0.15) is 18.4 Å². The van der Waals surface area contributed by atoms with Gasteiger partial charge in [0.25, 0.3) is 0 Å². The molecule has 1 fully saturated rings. The number of benzene rings is 1. The number of nitrogens with zero attached hydrogens (tertiary/aromatic N) is 1. The first-order chi connectivity index (χ1) is 9.59. The highest BCUT2D eigenvalue weighted by Gasteiger charge is 2.27. The highest BCUT2D eigenvalue weighted by atomic mass is 32.2. The van der Waals surface area contributed by atoms with E-state index in [1.165, 1.54) is 23.5 Å². The first kappa shape index (κ1) is 14.9. The van der Waals surface area contributed by atoms with Crippen molar-refractivity contribution in [2.45, 2.75) is 17.7 Å². The van der Waals surface area contributed by atoms with E-state index in [4.69, 9.17) is 9.84 Å². The van der Waals surface area contributed by atoms with E-state index in [1.54, 1.807) is 6.07 Å². The summed E-state index contributed by atoms with van der Waals surface area (Å²) in [7, 11) is -1.97. The smallest absolute Gasteiger partial charge is 0.243 e. The van der Waals surface area contributed by atoms with Crippen molar-refractivity contribution < 1.29 is 18.3 Å². The normalized spacial score (nSPS) is 15.7. The Bertz CT molecular complexity index is 637. The predicted molar refractivity (Wildman–Crippen MR) is 75.0 cm³/mol. The molecule has 1 aliphatic rings. The lowest BCUT2D eigenvalue weighted by Gasteiger charge is -2.16. The lowest BCUT2D eigenvalue weighted by molar-refractivity contribution is 0.350. The summed E-state index contributed by atoms with van der Waals surface area (Å²) in [6.45, 7) is 0.838. The molecule has 108 valence electrons. The minimum absolute atomic E-state index is 0.211. The monoisotopic (exact) mass is 295 g/mol. The van der Waals surface area contributed by atoms with Gasteiger partial charge in [-0.1, -0.05) is 11.8 Å². The van der Waals surface area contributed by atoms with E-state index in [1.807, 2.05) is 0 Å². The molecule has 1 aliphatic heterocycles. The van der Waals surface area contributed by atoms with Crippen molar-refractivity contribution >= 4 is 10.0 Å². The molecule has 0 saturated carbocycles. The Balaban J connectivity index is 2.42. The molecule has 1 N–H and O–H groups in total. The second-order valence-corrected chi connectivity index (χ2v) is 6.37. The summed E-state index contributed by atoms with van der Waals surface area (Å²) < 4.78 is 31.5. The van der Waals surface area contributed by atoms with Crippen LogP contribution in [0.4, 0.5) is 0 Å². The Labute approximate surface area is 119 Å². The highest BCUT2D eigenvalue weighted by molar-refractivity contribution is 7.89. The molecule has 6 heteroatoms. The molecule has 0 aliphatic carbocycles. The zero-order valence-electron chi connectivity index (χ0n) is 11.3. The van der Waals surface area contributed by atoms with Gasteiger partial charge in [0.05, 0.1) is 17.6 Å². The van der Waals surface area contributed by atoms with Crippen molar-refractivity contribution in [3.05, 3.63) is 23.8 Å². The Morgan fingerprint density at radius 3 is 2.65 bits per heavy atom. The molecule has 0 atom stereocenters. The Kier molecular flexibility index (Phi) is 4.65. The fraction of sp³-hybridized carbons (Fsp3) is 0.429.